The molecule has 0 amide bonds. The minimum absolute atomic E-state index is 0.288. The molecule has 2 aromatic carbocycles. The Kier molecular flexibility index (Phi) is 2.63. The Morgan fingerprint density at radius 2 is 1.53 bits per heavy atom. The van der Waals surface area contributed by atoms with Crippen LogP contribution in [0, 0.1) is 5.92 Å². The van der Waals surface area contributed by atoms with Crippen LogP contribution in [0.25, 0.3) is 10.8 Å². The van der Waals surface area contributed by atoms with Crippen molar-refractivity contribution in [3.63, 3.8) is 0 Å². The van der Waals surface area contributed by atoms with E-state index in [0.717, 1.165) is 5.56 Å². The molecule has 2 aliphatic carbocycles. The number of aliphatic hydroxyl groups excluding tert-OH is 1. The molecule has 1 saturated carbocycles. The molecule has 0 saturated heterocycles. The predicted molar refractivity (Wildman–Crippen MR) is 78.2 cm³/mol. The Morgan fingerprint density at radius 1 is 0.842 bits per heavy atom. The molecular formula is C18H20O. The first-order chi connectivity index (χ1) is 9.36. The van der Waals surface area contributed by atoms with Gasteiger partial charge in [0.25, 0.3) is 0 Å². The normalized spacial score (nSPS) is 27.0. The molecule has 19 heavy (non-hydrogen) atoms. The fourth-order valence-corrected chi connectivity index (χ4v) is 4.29. The fraction of sp³-hybridized carbons (Fsp3) is 0.444. The van der Waals surface area contributed by atoms with E-state index in [0.29, 0.717) is 11.8 Å². The Hall–Kier alpha value is -1.34. The van der Waals surface area contributed by atoms with Gasteiger partial charge in [-0.1, -0.05) is 55.7 Å². The maximum Gasteiger partial charge on any atom is 0.0867 e. The summed E-state index contributed by atoms with van der Waals surface area (Å²) in [5, 5.41) is 13.4. The highest BCUT2D eigenvalue weighted by Gasteiger charge is 2.38. The van der Waals surface area contributed by atoms with Crippen LogP contribution in [0.4, 0.5) is 0 Å². The van der Waals surface area contributed by atoms with Crippen molar-refractivity contribution in [3.8, 4) is 0 Å². The van der Waals surface area contributed by atoms with Crippen LogP contribution in [0.2, 0.25) is 0 Å². The van der Waals surface area contributed by atoms with Crippen molar-refractivity contribution < 1.29 is 5.11 Å². The van der Waals surface area contributed by atoms with Gasteiger partial charge in [0.15, 0.2) is 0 Å². The van der Waals surface area contributed by atoms with E-state index in [9.17, 15) is 5.11 Å². The van der Waals surface area contributed by atoms with Crippen LogP contribution in [0.15, 0.2) is 36.4 Å². The topological polar surface area (TPSA) is 20.2 Å². The molecule has 0 bridgehead atoms. The second kappa shape index (κ2) is 4.35. The largest absolute Gasteiger partial charge is 0.388 e. The van der Waals surface area contributed by atoms with Crippen molar-refractivity contribution in [3.05, 3.63) is 47.5 Å². The first-order valence-electron chi connectivity index (χ1n) is 7.56. The first-order valence-corrected chi connectivity index (χ1v) is 7.56. The number of rotatable bonds is 1. The number of benzene rings is 2. The zero-order valence-corrected chi connectivity index (χ0v) is 11.2. The molecule has 0 heterocycles. The Balaban J connectivity index is 1.86. The minimum atomic E-state index is -0.288. The third kappa shape index (κ3) is 1.64. The van der Waals surface area contributed by atoms with E-state index in [2.05, 4.69) is 36.4 Å². The number of aliphatic hydroxyl groups is 1. The summed E-state index contributed by atoms with van der Waals surface area (Å²) >= 11 is 0. The van der Waals surface area contributed by atoms with Gasteiger partial charge < -0.3 is 5.11 Å². The van der Waals surface area contributed by atoms with E-state index in [1.165, 1.54) is 48.4 Å². The molecule has 1 nitrogen and oxygen atoms in total. The zero-order chi connectivity index (χ0) is 12.8. The third-order valence-electron chi connectivity index (χ3n) is 5.14. The van der Waals surface area contributed by atoms with Crippen molar-refractivity contribution in [2.45, 2.75) is 44.1 Å². The molecule has 2 aliphatic rings. The summed E-state index contributed by atoms with van der Waals surface area (Å²) in [4.78, 5) is 0. The van der Waals surface area contributed by atoms with Gasteiger partial charge in [0.05, 0.1) is 6.10 Å². The van der Waals surface area contributed by atoms with Crippen LogP contribution < -0.4 is 0 Å². The van der Waals surface area contributed by atoms with Gasteiger partial charge in [0.1, 0.15) is 0 Å². The maximum absolute atomic E-state index is 10.8. The number of hydrogen-bond acceptors (Lipinski definition) is 1. The smallest absolute Gasteiger partial charge is 0.0867 e. The van der Waals surface area contributed by atoms with Gasteiger partial charge in [0.2, 0.25) is 0 Å². The summed E-state index contributed by atoms with van der Waals surface area (Å²) in [5.41, 5.74) is 2.55. The van der Waals surface area contributed by atoms with E-state index < -0.39 is 0 Å². The molecule has 1 heteroatoms. The Bertz CT molecular complexity index is 605. The third-order valence-corrected chi connectivity index (χ3v) is 5.14. The second-order valence-corrected chi connectivity index (χ2v) is 6.16. The van der Waals surface area contributed by atoms with Crippen LogP contribution in [-0.2, 0) is 0 Å². The molecule has 2 aromatic rings. The maximum atomic E-state index is 10.8. The van der Waals surface area contributed by atoms with Crippen LogP contribution in [0.1, 0.15) is 55.3 Å². The van der Waals surface area contributed by atoms with Gasteiger partial charge >= 0.3 is 0 Å². The lowest BCUT2D eigenvalue weighted by atomic mass is 9.76. The lowest BCUT2D eigenvalue weighted by molar-refractivity contribution is 0.109. The Morgan fingerprint density at radius 3 is 2.26 bits per heavy atom. The van der Waals surface area contributed by atoms with E-state index in [-0.39, 0.29) is 6.10 Å². The molecule has 2 atom stereocenters. The first kappa shape index (κ1) is 11.5. The van der Waals surface area contributed by atoms with Gasteiger partial charge in [-0.25, -0.2) is 0 Å². The van der Waals surface area contributed by atoms with Gasteiger partial charge in [-0.15, -0.1) is 0 Å². The molecule has 1 fully saturated rings. The van der Waals surface area contributed by atoms with E-state index >= 15 is 0 Å². The standard InChI is InChI=1S/C18H20O/c19-18-15-11-5-9-12-8-4-10-14(16(12)15)17(18)13-6-2-1-3-7-13/h4-5,8-11,13,17-19H,1-3,6-7H2. The van der Waals surface area contributed by atoms with Gasteiger partial charge in [-0.3, -0.25) is 0 Å². The van der Waals surface area contributed by atoms with Crippen LogP contribution in [-0.4, -0.2) is 5.11 Å². The minimum Gasteiger partial charge on any atom is -0.388 e. The monoisotopic (exact) mass is 252 g/mol. The Labute approximate surface area is 114 Å². The molecule has 1 N–H and O–H groups in total. The predicted octanol–water partition coefficient (Wildman–Crippen LogP) is 4.55. The van der Waals surface area contributed by atoms with Crippen LogP contribution >= 0.6 is 0 Å². The highest BCUT2D eigenvalue weighted by atomic mass is 16.3. The molecular weight excluding hydrogens is 232 g/mol. The quantitative estimate of drug-likeness (QED) is 0.789. The molecule has 0 aliphatic heterocycles. The zero-order valence-electron chi connectivity index (χ0n) is 11.2. The summed E-state index contributed by atoms with van der Waals surface area (Å²) < 4.78 is 0. The average molecular weight is 252 g/mol. The lowest BCUT2D eigenvalue weighted by Crippen LogP contribution is -2.19. The van der Waals surface area contributed by atoms with E-state index in [1.807, 2.05) is 0 Å². The highest BCUT2D eigenvalue weighted by molar-refractivity contribution is 5.92. The van der Waals surface area contributed by atoms with Crippen molar-refractivity contribution >= 4 is 10.8 Å². The summed E-state index contributed by atoms with van der Waals surface area (Å²) in [7, 11) is 0. The van der Waals surface area contributed by atoms with E-state index in [4.69, 9.17) is 0 Å². The van der Waals surface area contributed by atoms with Crippen molar-refractivity contribution in [2.24, 2.45) is 5.92 Å². The van der Waals surface area contributed by atoms with E-state index in [1.54, 1.807) is 0 Å². The van der Waals surface area contributed by atoms with Crippen molar-refractivity contribution in [1.82, 2.24) is 0 Å². The molecule has 0 spiro atoms. The summed E-state index contributed by atoms with van der Waals surface area (Å²) in [6, 6.07) is 12.9. The molecule has 4 rings (SSSR count). The molecule has 98 valence electrons. The summed E-state index contributed by atoms with van der Waals surface area (Å²) in [6.07, 6.45) is 6.32. The molecule has 0 aromatic heterocycles. The summed E-state index contributed by atoms with van der Waals surface area (Å²) in [5.74, 6) is 1.00. The van der Waals surface area contributed by atoms with Gasteiger partial charge in [-0.2, -0.15) is 0 Å². The second-order valence-electron chi connectivity index (χ2n) is 6.16. The summed E-state index contributed by atoms with van der Waals surface area (Å²) in [6.45, 7) is 0. The average Bonchev–Trinajstić information content (AvgIpc) is 2.76. The highest BCUT2D eigenvalue weighted by Crippen LogP contribution is 2.51. The van der Waals surface area contributed by atoms with Gasteiger partial charge in [-0.05, 0) is 40.7 Å². The van der Waals surface area contributed by atoms with Crippen molar-refractivity contribution in [2.75, 3.05) is 0 Å². The fourth-order valence-electron chi connectivity index (χ4n) is 4.29. The van der Waals surface area contributed by atoms with Crippen molar-refractivity contribution in [1.29, 1.82) is 0 Å². The SMILES string of the molecule is OC1c2cccc3cccc(c23)C1C1CCCCC1. The molecule has 0 radical (unpaired) electrons. The lowest BCUT2D eigenvalue weighted by Gasteiger charge is -2.30. The number of hydrogen-bond donors (Lipinski definition) is 1. The van der Waals surface area contributed by atoms with Crippen LogP contribution in [0.5, 0.6) is 0 Å². The van der Waals surface area contributed by atoms with Crippen LogP contribution in [0.3, 0.4) is 0 Å². The molecule has 2 unspecified atom stereocenters. The van der Waals surface area contributed by atoms with Gasteiger partial charge in [0, 0.05) is 5.92 Å².